The standard InChI is InChI=1S/Ba.O.S.Sb/q+2;-2;;+1. The summed E-state index contributed by atoms with van der Waals surface area (Å²) in [5.74, 6) is 0. The van der Waals surface area contributed by atoms with Crippen molar-refractivity contribution in [3.05, 3.63) is 0 Å². The summed E-state index contributed by atoms with van der Waals surface area (Å²) in [6.07, 6.45) is 0. The van der Waals surface area contributed by atoms with Crippen molar-refractivity contribution in [2.75, 3.05) is 0 Å². The molecule has 4 heavy (non-hydrogen) atoms. The molecule has 1 nitrogen and oxygen atoms in total. The Morgan fingerprint density at radius 1 is 1.25 bits per heavy atom. The average Bonchev–Trinajstić information content (AvgIpc) is 1.00. The van der Waals surface area contributed by atoms with Crippen LogP contribution in [0.2, 0.25) is 0 Å². The molecule has 0 rings (SSSR count). The van der Waals surface area contributed by atoms with Crippen molar-refractivity contribution >= 4 is 79.1 Å². The van der Waals surface area contributed by atoms with E-state index in [0.29, 0.717) is 0 Å². The number of hydrogen-bond acceptors (Lipinski definition) is 1. The molecule has 0 atom stereocenters. The summed E-state index contributed by atoms with van der Waals surface area (Å²) in [7, 11) is 4.13. The monoisotopic (exact) mass is 307 g/mol. The van der Waals surface area contributed by atoms with Crippen molar-refractivity contribution in [3.63, 3.8) is 0 Å². The normalized spacial score (nSPS) is 1.00. The molecule has 0 saturated heterocycles. The first-order valence-electron chi connectivity index (χ1n) is 0.183. The van der Waals surface area contributed by atoms with Crippen molar-refractivity contribution in [1.82, 2.24) is 0 Å². The van der Waals surface area contributed by atoms with Gasteiger partial charge in [0.25, 0.3) is 0 Å². The maximum atomic E-state index is 4.13. The van der Waals surface area contributed by atoms with Crippen LogP contribution in [0.1, 0.15) is 0 Å². The Balaban J connectivity index is -0.00000000500. The number of hydrogen-bond donors (Lipinski definition) is 0. The van der Waals surface area contributed by atoms with Gasteiger partial charge in [0.05, 0.1) is 0 Å². The third-order valence-corrected chi connectivity index (χ3v) is 0. The van der Waals surface area contributed by atoms with Gasteiger partial charge in [0.2, 0.25) is 0 Å². The van der Waals surface area contributed by atoms with Crippen LogP contribution >= 0.6 is 9.19 Å². The second-order valence-electron chi connectivity index (χ2n) is 0. The molecule has 0 aliphatic carbocycles. The van der Waals surface area contributed by atoms with Gasteiger partial charge in [-0.2, -0.15) is 0 Å². The Hall–Kier alpha value is 2.57. The van der Waals surface area contributed by atoms with Crippen LogP contribution in [0.25, 0.3) is 0 Å². The molecule has 0 bridgehead atoms. The Morgan fingerprint density at radius 3 is 1.25 bits per heavy atom. The van der Waals surface area contributed by atoms with Crippen LogP contribution in [0, 0.1) is 0 Å². The molecule has 4 heteroatoms. The number of rotatable bonds is 0. The van der Waals surface area contributed by atoms with Crippen LogP contribution in [0.3, 0.4) is 0 Å². The molecule has 0 N–H and O–H groups in total. The molecule has 0 saturated carbocycles. The molecule has 0 aromatic heterocycles. The van der Waals surface area contributed by atoms with Crippen LogP contribution in [0.5, 0.6) is 0 Å². The first kappa shape index (κ1) is 16.0. The SMILES string of the molecule is [Ba+2].[O-2].[S]=[Sb+]. The molecule has 0 aliphatic rings. The van der Waals surface area contributed by atoms with Crippen molar-refractivity contribution < 1.29 is 5.48 Å². The van der Waals surface area contributed by atoms with Gasteiger partial charge >= 0.3 is 79.1 Å². The van der Waals surface area contributed by atoms with E-state index in [1.54, 1.807) is 0 Å². The summed E-state index contributed by atoms with van der Waals surface area (Å²) >= 11 is 1.33. The van der Waals surface area contributed by atoms with Crippen LogP contribution in [0.15, 0.2) is 0 Å². The van der Waals surface area contributed by atoms with Crippen LogP contribution < -0.4 is 0 Å². The molecular weight excluding hydrogens is 307 g/mol. The summed E-state index contributed by atoms with van der Waals surface area (Å²) < 4.78 is 0. The minimum absolute atomic E-state index is 0. The third kappa shape index (κ3) is 8.82. The van der Waals surface area contributed by atoms with E-state index in [1.165, 1.54) is 21.1 Å². The topological polar surface area (TPSA) is 28.5 Å². The fraction of sp³-hybridized carbons (Fsp3) is 0. The Morgan fingerprint density at radius 2 is 1.25 bits per heavy atom. The van der Waals surface area contributed by atoms with Crippen molar-refractivity contribution in [3.8, 4) is 0 Å². The third-order valence-electron chi connectivity index (χ3n) is 0. The van der Waals surface area contributed by atoms with E-state index in [4.69, 9.17) is 0 Å². The van der Waals surface area contributed by atoms with Crippen molar-refractivity contribution in [2.45, 2.75) is 0 Å². The quantitative estimate of drug-likeness (QED) is 0.568. The van der Waals surface area contributed by atoms with Gasteiger partial charge in [-0.25, -0.2) is 0 Å². The van der Waals surface area contributed by atoms with E-state index in [1.807, 2.05) is 0 Å². The Kier molecular flexibility index (Phi) is 70.4. The van der Waals surface area contributed by atoms with Crippen LogP contribution in [0.4, 0.5) is 0 Å². The van der Waals surface area contributed by atoms with Gasteiger partial charge in [-0.15, -0.1) is 0 Å². The Labute approximate surface area is 82.5 Å². The molecule has 0 unspecified atom stereocenters. The van der Waals surface area contributed by atoms with E-state index in [2.05, 4.69) is 9.19 Å². The predicted octanol–water partition coefficient (Wildman–Crippen LogP) is -0.232. The minimum atomic E-state index is 0. The van der Waals surface area contributed by atoms with Gasteiger partial charge < -0.3 is 5.48 Å². The molecular formula is BaOSSb+. The van der Waals surface area contributed by atoms with E-state index in [0.717, 1.165) is 0 Å². The zero-order valence-corrected chi connectivity index (χ0v) is 9.78. The summed E-state index contributed by atoms with van der Waals surface area (Å²) in [6.45, 7) is 0. The van der Waals surface area contributed by atoms with Gasteiger partial charge in [-0.05, 0) is 0 Å². The molecule has 18 valence electrons. The van der Waals surface area contributed by atoms with Crippen molar-refractivity contribution in [2.24, 2.45) is 0 Å². The van der Waals surface area contributed by atoms with Crippen LogP contribution in [-0.4, -0.2) is 69.9 Å². The molecule has 0 spiro atoms. The van der Waals surface area contributed by atoms with Crippen LogP contribution in [-0.2, 0) is 5.48 Å². The summed E-state index contributed by atoms with van der Waals surface area (Å²) in [5.41, 5.74) is 0. The molecule has 0 amide bonds. The van der Waals surface area contributed by atoms with Gasteiger partial charge in [0.1, 0.15) is 0 Å². The predicted molar refractivity (Wildman–Crippen MR) is 19.8 cm³/mol. The van der Waals surface area contributed by atoms with Gasteiger partial charge in [0.15, 0.2) is 0 Å². The second-order valence-corrected chi connectivity index (χ2v) is 0. The fourth-order valence-corrected chi connectivity index (χ4v) is 0. The first-order valence-corrected chi connectivity index (χ1v) is 3.67. The Bertz CT molecular complexity index is 8.00. The van der Waals surface area contributed by atoms with E-state index < -0.39 is 0 Å². The summed E-state index contributed by atoms with van der Waals surface area (Å²) in [5, 5.41) is 0. The van der Waals surface area contributed by atoms with Gasteiger partial charge in [0, 0.05) is 0 Å². The van der Waals surface area contributed by atoms with E-state index in [9.17, 15) is 0 Å². The van der Waals surface area contributed by atoms with Gasteiger partial charge in [-0.3, -0.25) is 0 Å². The first-order chi connectivity index (χ1) is 1.00. The second kappa shape index (κ2) is 17.6. The molecule has 0 heterocycles. The van der Waals surface area contributed by atoms with Gasteiger partial charge in [-0.1, -0.05) is 0 Å². The molecule has 0 aliphatic heterocycles. The molecule has 0 fully saturated rings. The molecule has 0 aromatic carbocycles. The summed E-state index contributed by atoms with van der Waals surface area (Å²) in [6, 6.07) is 0. The molecule has 0 aromatic rings. The van der Waals surface area contributed by atoms with E-state index >= 15 is 0 Å². The maximum absolute atomic E-state index is 4.13. The average molecular weight is 307 g/mol. The zero-order chi connectivity index (χ0) is 2.00. The fourth-order valence-electron chi connectivity index (χ4n) is 0. The zero-order valence-electron chi connectivity index (χ0n) is 1.97. The van der Waals surface area contributed by atoms with Crippen molar-refractivity contribution in [1.29, 1.82) is 0 Å². The summed E-state index contributed by atoms with van der Waals surface area (Å²) in [4.78, 5) is 0. The molecule has 2 radical (unpaired) electrons. The van der Waals surface area contributed by atoms with E-state index in [-0.39, 0.29) is 54.4 Å².